The van der Waals surface area contributed by atoms with E-state index in [4.69, 9.17) is 0 Å². The highest BCUT2D eigenvalue weighted by atomic mass is 79.9. The van der Waals surface area contributed by atoms with Gasteiger partial charge < -0.3 is 4.57 Å². The van der Waals surface area contributed by atoms with Crippen LogP contribution in [0.3, 0.4) is 0 Å². The lowest BCUT2D eigenvalue weighted by molar-refractivity contribution is 0.332. The third-order valence-corrected chi connectivity index (χ3v) is 9.38. The fourth-order valence-corrected chi connectivity index (χ4v) is 6.97. The molecule has 0 saturated carbocycles. The van der Waals surface area contributed by atoms with Crippen LogP contribution in [0.25, 0.3) is 49.0 Å². The Hall–Kier alpha value is -3.10. The summed E-state index contributed by atoms with van der Waals surface area (Å²) in [7, 11) is 0. The van der Waals surface area contributed by atoms with Gasteiger partial charge in [-0.1, -0.05) is 92.2 Å². The molecule has 0 spiro atoms. The van der Waals surface area contributed by atoms with Crippen LogP contribution in [0, 0.1) is 0 Å². The molecule has 0 amide bonds. The molecule has 0 bridgehead atoms. The van der Waals surface area contributed by atoms with Crippen molar-refractivity contribution >= 4 is 59.3 Å². The van der Waals surface area contributed by atoms with E-state index in [1.54, 1.807) is 0 Å². The van der Waals surface area contributed by atoms with E-state index >= 15 is 0 Å². The standard InChI is InChI=1S/C34H30BrN/c1-33(2)15-16-34(3,4)28-20-32-26(19-27(28)33)25-17-21-9-5-6-10-22(21)18-31(25)36(32)30-14-8-11-23-24(30)12-7-13-29(23)35/h5-14,17-20H,15-16H2,1-4H3. The Bertz CT molecular complexity index is 1850. The van der Waals surface area contributed by atoms with Gasteiger partial charge in [0.05, 0.1) is 16.7 Å². The summed E-state index contributed by atoms with van der Waals surface area (Å²) in [5, 5.41) is 7.76. The molecule has 7 rings (SSSR count). The maximum Gasteiger partial charge on any atom is 0.0547 e. The Kier molecular flexibility index (Phi) is 4.58. The van der Waals surface area contributed by atoms with Gasteiger partial charge in [0.2, 0.25) is 0 Å². The normalized spacial score (nSPS) is 16.7. The molecule has 0 fully saturated rings. The molecule has 1 aliphatic rings. The molecular formula is C34H30BrN. The van der Waals surface area contributed by atoms with Gasteiger partial charge >= 0.3 is 0 Å². The zero-order valence-corrected chi connectivity index (χ0v) is 22.9. The van der Waals surface area contributed by atoms with Crippen molar-refractivity contribution < 1.29 is 0 Å². The number of hydrogen-bond acceptors (Lipinski definition) is 0. The first-order chi connectivity index (χ1) is 17.2. The largest absolute Gasteiger partial charge is 0.309 e. The maximum absolute atomic E-state index is 3.79. The second kappa shape index (κ2) is 7.46. The minimum atomic E-state index is 0.160. The van der Waals surface area contributed by atoms with Crippen molar-refractivity contribution in [1.29, 1.82) is 0 Å². The van der Waals surface area contributed by atoms with Gasteiger partial charge in [0, 0.05) is 20.6 Å². The van der Waals surface area contributed by atoms with Gasteiger partial charge in [-0.05, 0) is 87.4 Å². The van der Waals surface area contributed by atoms with Crippen LogP contribution in [-0.4, -0.2) is 4.57 Å². The summed E-state index contributed by atoms with van der Waals surface area (Å²) >= 11 is 3.79. The SMILES string of the molecule is CC1(C)CCC(C)(C)c2cc3c(cc21)c1cc2ccccc2cc1n3-c1cccc2c(Br)cccc12. The molecule has 5 aromatic carbocycles. The Labute approximate surface area is 220 Å². The van der Waals surface area contributed by atoms with Gasteiger partial charge in [-0.2, -0.15) is 0 Å². The Balaban J connectivity index is 1.71. The molecule has 178 valence electrons. The van der Waals surface area contributed by atoms with Gasteiger partial charge in [-0.15, -0.1) is 0 Å². The van der Waals surface area contributed by atoms with Crippen LogP contribution in [0.15, 0.2) is 89.4 Å². The highest BCUT2D eigenvalue weighted by Crippen LogP contribution is 2.49. The predicted molar refractivity (Wildman–Crippen MR) is 159 cm³/mol. The highest BCUT2D eigenvalue weighted by molar-refractivity contribution is 9.10. The molecule has 0 radical (unpaired) electrons. The van der Waals surface area contributed by atoms with E-state index in [1.807, 2.05) is 0 Å². The molecule has 1 aliphatic carbocycles. The van der Waals surface area contributed by atoms with E-state index in [0.717, 1.165) is 4.47 Å². The van der Waals surface area contributed by atoms with Crippen LogP contribution in [0.2, 0.25) is 0 Å². The third-order valence-electron chi connectivity index (χ3n) is 8.69. The number of rotatable bonds is 1. The van der Waals surface area contributed by atoms with Gasteiger partial charge in [0.1, 0.15) is 0 Å². The summed E-state index contributed by atoms with van der Waals surface area (Å²) in [5.74, 6) is 0. The summed E-state index contributed by atoms with van der Waals surface area (Å²) in [6.45, 7) is 9.68. The van der Waals surface area contributed by atoms with E-state index in [1.165, 1.54) is 73.0 Å². The van der Waals surface area contributed by atoms with Crippen molar-refractivity contribution in [1.82, 2.24) is 4.57 Å². The van der Waals surface area contributed by atoms with Crippen molar-refractivity contribution in [2.24, 2.45) is 0 Å². The van der Waals surface area contributed by atoms with Gasteiger partial charge in [0.25, 0.3) is 0 Å². The fraction of sp³-hybridized carbons (Fsp3) is 0.235. The average molecular weight is 533 g/mol. The topological polar surface area (TPSA) is 4.93 Å². The van der Waals surface area contributed by atoms with Crippen LogP contribution >= 0.6 is 15.9 Å². The molecule has 1 aromatic heterocycles. The molecule has 36 heavy (non-hydrogen) atoms. The third kappa shape index (κ3) is 3.07. The Morgan fingerprint density at radius 1 is 0.583 bits per heavy atom. The van der Waals surface area contributed by atoms with E-state index in [0.29, 0.717) is 0 Å². The van der Waals surface area contributed by atoms with Crippen molar-refractivity contribution in [3.8, 4) is 5.69 Å². The zero-order valence-electron chi connectivity index (χ0n) is 21.3. The molecule has 1 nitrogen and oxygen atoms in total. The average Bonchev–Trinajstić information content (AvgIpc) is 3.17. The quantitative estimate of drug-likeness (QED) is 0.199. The second-order valence-electron chi connectivity index (χ2n) is 11.8. The Morgan fingerprint density at radius 2 is 1.17 bits per heavy atom. The lowest BCUT2D eigenvalue weighted by Crippen LogP contribution is -2.33. The van der Waals surface area contributed by atoms with Gasteiger partial charge in [0.15, 0.2) is 0 Å². The molecule has 6 aromatic rings. The summed E-state index contributed by atoms with van der Waals surface area (Å²) in [6, 6.07) is 31.8. The molecule has 0 aliphatic heterocycles. The number of benzene rings is 5. The molecular weight excluding hydrogens is 502 g/mol. The van der Waals surface area contributed by atoms with Gasteiger partial charge in [-0.3, -0.25) is 0 Å². The van der Waals surface area contributed by atoms with Crippen molar-refractivity contribution in [2.45, 2.75) is 51.4 Å². The fourth-order valence-electron chi connectivity index (χ4n) is 6.47. The summed E-state index contributed by atoms with van der Waals surface area (Å²) in [5.41, 5.74) is 7.16. The number of hydrogen-bond donors (Lipinski definition) is 0. The van der Waals surface area contributed by atoms with E-state index in [9.17, 15) is 0 Å². The maximum atomic E-state index is 3.79. The second-order valence-corrected chi connectivity index (χ2v) is 12.7. The van der Waals surface area contributed by atoms with Crippen molar-refractivity contribution in [2.75, 3.05) is 0 Å². The highest BCUT2D eigenvalue weighted by Gasteiger charge is 2.37. The molecule has 2 heteroatoms. The number of halogens is 1. The van der Waals surface area contributed by atoms with Crippen molar-refractivity contribution in [3.05, 3.63) is 101 Å². The Morgan fingerprint density at radius 3 is 1.92 bits per heavy atom. The van der Waals surface area contributed by atoms with E-state index in [-0.39, 0.29) is 10.8 Å². The zero-order chi connectivity index (χ0) is 24.8. The lowest BCUT2D eigenvalue weighted by Gasteiger charge is -2.42. The van der Waals surface area contributed by atoms with Crippen LogP contribution in [-0.2, 0) is 10.8 Å². The predicted octanol–water partition coefficient (Wildman–Crippen LogP) is 10.2. The summed E-state index contributed by atoms with van der Waals surface area (Å²) < 4.78 is 3.65. The van der Waals surface area contributed by atoms with Crippen LogP contribution in [0.4, 0.5) is 0 Å². The summed E-state index contributed by atoms with van der Waals surface area (Å²) in [6.07, 6.45) is 2.43. The van der Waals surface area contributed by atoms with Crippen LogP contribution in [0.5, 0.6) is 0 Å². The van der Waals surface area contributed by atoms with Gasteiger partial charge in [-0.25, -0.2) is 0 Å². The van der Waals surface area contributed by atoms with E-state index in [2.05, 4.69) is 133 Å². The molecule has 0 unspecified atom stereocenters. The first kappa shape index (κ1) is 22.1. The monoisotopic (exact) mass is 531 g/mol. The molecule has 1 heterocycles. The van der Waals surface area contributed by atoms with E-state index < -0.39 is 0 Å². The number of fused-ring (bicyclic) bond motifs is 6. The van der Waals surface area contributed by atoms with Crippen LogP contribution < -0.4 is 0 Å². The lowest BCUT2D eigenvalue weighted by atomic mass is 9.63. The smallest absolute Gasteiger partial charge is 0.0547 e. The number of nitrogens with zero attached hydrogens (tertiary/aromatic N) is 1. The minimum Gasteiger partial charge on any atom is -0.309 e. The number of aromatic nitrogens is 1. The first-order valence-corrected chi connectivity index (χ1v) is 13.7. The van der Waals surface area contributed by atoms with Crippen LogP contribution in [0.1, 0.15) is 51.7 Å². The van der Waals surface area contributed by atoms with Crippen molar-refractivity contribution in [3.63, 3.8) is 0 Å². The summed E-state index contributed by atoms with van der Waals surface area (Å²) in [4.78, 5) is 0. The molecule has 0 atom stereocenters. The minimum absolute atomic E-state index is 0.160. The molecule has 0 saturated heterocycles. The first-order valence-electron chi connectivity index (χ1n) is 12.9. The molecule has 0 N–H and O–H groups in total.